The number of carbonyl (C=O) groups is 1. The van der Waals surface area contributed by atoms with Crippen molar-refractivity contribution in [2.45, 2.75) is 68.6 Å². The molecule has 248 valence electrons. The average Bonchev–Trinajstić information content (AvgIpc) is 3.21. The Morgan fingerprint density at radius 2 is 2.02 bits per heavy atom. The quantitative estimate of drug-likeness (QED) is 0.168. The molecule has 6 atom stereocenters. The number of nitrogens with zero attached hydrogens (tertiary/aromatic N) is 2. The molecule has 1 spiro atoms. The lowest BCUT2D eigenvalue weighted by molar-refractivity contribution is -0.0834. The van der Waals surface area contributed by atoms with E-state index in [1.165, 1.54) is 29.1 Å². The number of hydrogen-bond donors (Lipinski definition) is 1. The zero-order chi connectivity index (χ0) is 32.8. The minimum Gasteiger partial charge on any atom is -0.490 e. The number of nitrogens with one attached hydrogen (secondary N) is 1. The molecular weight excluding hydrogens is 633 g/mol. The lowest BCUT2D eigenvalue weighted by Crippen LogP contribution is -2.52. The minimum absolute atomic E-state index is 0.0839. The number of fused-ring (bicyclic) bond motifs is 4. The number of pyridine rings is 1. The third-order valence-corrected chi connectivity index (χ3v) is 12.6. The number of hydrogen-bond acceptors (Lipinski definition) is 6. The second kappa shape index (κ2) is 13.1. The number of amides is 1. The fourth-order valence-corrected chi connectivity index (χ4v) is 9.16. The van der Waals surface area contributed by atoms with Crippen molar-refractivity contribution in [2.75, 3.05) is 31.7 Å². The van der Waals surface area contributed by atoms with Crippen LogP contribution in [0.15, 0.2) is 66.7 Å². The highest BCUT2D eigenvalue weighted by Gasteiger charge is 2.50. The molecule has 1 amide bonds. The first-order valence-electron chi connectivity index (χ1n) is 16.8. The van der Waals surface area contributed by atoms with Gasteiger partial charge in [-0.3, -0.25) is 9.52 Å². The molecule has 1 fully saturated rings. The second-order valence-corrected chi connectivity index (χ2v) is 15.6. The highest BCUT2D eigenvalue weighted by molar-refractivity contribution is 7.98. The summed E-state index contributed by atoms with van der Waals surface area (Å²) < 4.78 is 30.9. The van der Waals surface area contributed by atoms with Crippen LogP contribution in [0.2, 0.25) is 5.02 Å². The van der Waals surface area contributed by atoms with E-state index in [0.717, 1.165) is 68.1 Å². The maximum atomic E-state index is 14.7. The van der Waals surface area contributed by atoms with E-state index in [1.54, 1.807) is 13.2 Å². The Bertz CT molecular complexity index is 1690. The Hall–Kier alpha value is -3.07. The van der Waals surface area contributed by atoms with Gasteiger partial charge in [-0.25, -0.2) is 4.98 Å². The van der Waals surface area contributed by atoms with Crippen molar-refractivity contribution >= 4 is 35.1 Å². The Labute approximate surface area is 286 Å². The van der Waals surface area contributed by atoms with Crippen LogP contribution in [0.1, 0.15) is 73.1 Å². The maximum Gasteiger partial charge on any atom is 0.261 e. The van der Waals surface area contributed by atoms with Crippen molar-refractivity contribution in [3.63, 3.8) is 0 Å². The summed E-state index contributed by atoms with van der Waals surface area (Å²) in [6.45, 7) is 6.36. The molecule has 3 heterocycles. The van der Waals surface area contributed by atoms with Gasteiger partial charge in [0.1, 0.15) is 11.4 Å². The SMILES string of the molecule is CO[C@]1(c2cccc(F)n2)/C=C/CC(C)C(C)SNC(=O)c2ccc3c(c2)N(CC2CCC21)C[C@@]1(CCCc2cc(Cl)ccc21)CO3. The van der Waals surface area contributed by atoms with Crippen LogP contribution < -0.4 is 14.4 Å². The van der Waals surface area contributed by atoms with E-state index in [-0.39, 0.29) is 34.3 Å². The maximum absolute atomic E-state index is 14.7. The summed E-state index contributed by atoms with van der Waals surface area (Å²) >= 11 is 7.92. The number of carbonyl (C=O) groups excluding carboxylic acids is 1. The Morgan fingerprint density at radius 3 is 2.81 bits per heavy atom. The molecule has 2 aromatic carbocycles. The molecule has 4 unspecified atom stereocenters. The van der Waals surface area contributed by atoms with Gasteiger partial charge < -0.3 is 14.4 Å². The van der Waals surface area contributed by atoms with Gasteiger partial charge >= 0.3 is 0 Å². The van der Waals surface area contributed by atoms with E-state index in [1.807, 2.05) is 30.3 Å². The number of aryl methyl sites for hydroxylation is 1. The number of allylic oxidation sites excluding steroid dienone is 1. The van der Waals surface area contributed by atoms with Gasteiger partial charge in [0, 0.05) is 47.4 Å². The molecule has 2 aliphatic carbocycles. The van der Waals surface area contributed by atoms with E-state index in [0.29, 0.717) is 17.9 Å². The number of methoxy groups -OCH3 is 1. The number of ether oxygens (including phenoxy) is 2. The molecule has 2 bridgehead atoms. The highest BCUT2D eigenvalue weighted by atomic mass is 35.5. The number of rotatable bonds is 2. The first-order valence-corrected chi connectivity index (χ1v) is 18.1. The first kappa shape index (κ1) is 32.5. The van der Waals surface area contributed by atoms with Crippen LogP contribution in [-0.4, -0.2) is 42.9 Å². The van der Waals surface area contributed by atoms with Crippen molar-refractivity contribution in [3.8, 4) is 5.75 Å². The van der Waals surface area contributed by atoms with Gasteiger partial charge in [-0.1, -0.05) is 49.7 Å². The Balaban J connectivity index is 1.33. The third-order valence-electron chi connectivity index (χ3n) is 11.2. The number of benzene rings is 2. The highest BCUT2D eigenvalue weighted by Crippen LogP contribution is 2.52. The van der Waals surface area contributed by atoms with Crippen LogP contribution in [0.4, 0.5) is 10.1 Å². The smallest absolute Gasteiger partial charge is 0.261 e. The predicted molar refractivity (Wildman–Crippen MR) is 187 cm³/mol. The van der Waals surface area contributed by atoms with Crippen molar-refractivity contribution in [3.05, 3.63) is 100 Å². The molecule has 7 rings (SSSR count). The summed E-state index contributed by atoms with van der Waals surface area (Å²) in [6.07, 6.45) is 10.1. The van der Waals surface area contributed by atoms with E-state index in [9.17, 15) is 9.18 Å². The van der Waals surface area contributed by atoms with Crippen LogP contribution in [0, 0.1) is 23.7 Å². The van der Waals surface area contributed by atoms with Crippen LogP contribution in [0.25, 0.3) is 0 Å². The van der Waals surface area contributed by atoms with Crippen molar-refractivity contribution in [2.24, 2.45) is 17.8 Å². The van der Waals surface area contributed by atoms with Crippen molar-refractivity contribution in [1.29, 1.82) is 0 Å². The fraction of sp³-hybridized carbons (Fsp3) is 0.474. The van der Waals surface area contributed by atoms with E-state index >= 15 is 0 Å². The van der Waals surface area contributed by atoms with E-state index < -0.39 is 11.5 Å². The van der Waals surface area contributed by atoms with E-state index in [2.05, 4.69) is 52.7 Å². The van der Waals surface area contributed by atoms with Crippen LogP contribution in [-0.2, 0) is 22.2 Å². The lowest BCUT2D eigenvalue weighted by Gasteiger charge is -2.50. The summed E-state index contributed by atoms with van der Waals surface area (Å²) in [5.41, 5.74) is 3.63. The number of aromatic nitrogens is 1. The largest absolute Gasteiger partial charge is 0.490 e. The molecule has 6 nitrogen and oxygen atoms in total. The molecule has 47 heavy (non-hydrogen) atoms. The molecule has 1 aromatic heterocycles. The van der Waals surface area contributed by atoms with Gasteiger partial charge in [-0.15, -0.1) is 0 Å². The third kappa shape index (κ3) is 6.06. The monoisotopic (exact) mass is 675 g/mol. The Kier molecular flexibility index (Phi) is 9.05. The van der Waals surface area contributed by atoms with E-state index in [4.69, 9.17) is 21.1 Å². The molecule has 0 radical (unpaired) electrons. The first-order chi connectivity index (χ1) is 22.7. The lowest BCUT2D eigenvalue weighted by atomic mass is 9.62. The van der Waals surface area contributed by atoms with Crippen LogP contribution >= 0.6 is 23.5 Å². The molecule has 3 aromatic rings. The Morgan fingerprint density at radius 1 is 1.15 bits per heavy atom. The van der Waals surface area contributed by atoms with Gasteiger partial charge in [0.25, 0.3) is 5.91 Å². The van der Waals surface area contributed by atoms with Gasteiger partial charge in [-0.05, 0) is 116 Å². The fourth-order valence-electron chi connectivity index (χ4n) is 8.21. The summed E-state index contributed by atoms with van der Waals surface area (Å²) in [4.78, 5) is 20.3. The summed E-state index contributed by atoms with van der Waals surface area (Å²) in [7, 11) is 1.72. The normalized spacial score (nSPS) is 31.4. The number of anilines is 1. The van der Waals surface area contributed by atoms with Gasteiger partial charge in [0.15, 0.2) is 0 Å². The van der Waals surface area contributed by atoms with Crippen molar-refractivity contribution in [1.82, 2.24) is 9.71 Å². The van der Waals surface area contributed by atoms with Crippen molar-refractivity contribution < 1.29 is 18.7 Å². The van der Waals surface area contributed by atoms with Crippen LogP contribution in [0.5, 0.6) is 5.75 Å². The minimum atomic E-state index is -0.870. The summed E-state index contributed by atoms with van der Waals surface area (Å²) in [5.74, 6) is 0.772. The zero-order valence-corrected chi connectivity index (χ0v) is 28.9. The molecule has 4 aliphatic rings. The summed E-state index contributed by atoms with van der Waals surface area (Å²) in [6, 6.07) is 17.1. The van der Waals surface area contributed by atoms with Gasteiger partial charge in [-0.2, -0.15) is 4.39 Å². The average molecular weight is 676 g/mol. The molecule has 9 heteroatoms. The molecule has 1 N–H and O–H groups in total. The molecule has 0 saturated heterocycles. The molecule has 2 aliphatic heterocycles. The van der Waals surface area contributed by atoms with Crippen LogP contribution in [0.3, 0.4) is 0 Å². The van der Waals surface area contributed by atoms with Gasteiger partial charge in [0.05, 0.1) is 18.0 Å². The topological polar surface area (TPSA) is 63.7 Å². The van der Waals surface area contributed by atoms with Gasteiger partial charge in [0.2, 0.25) is 5.95 Å². The summed E-state index contributed by atoms with van der Waals surface area (Å²) in [5, 5.41) is 0.922. The second-order valence-electron chi connectivity index (χ2n) is 13.9. The molecular formula is C38H43ClFN3O3S. The zero-order valence-electron chi connectivity index (χ0n) is 27.3. The molecule has 1 saturated carbocycles. The standard InChI is InChI=1S/C38H43ClFN3O3S/c1-24-7-5-18-38(45-3,34-9-4-10-35(40)41-34)31-14-11-28(31)21-43-22-37(17-6-8-26-19-29(39)13-15-30(26)37)23-46-33-16-12-27(20-32(33)43)36(44)42-47-25(24)2/h4-5,9-10,12-13,15-16,18-20,24-25,28,31H,6-8,11,14,17,21-23H2,1-3H3,(H,42,44)/b18-5+/t24?,25?,28?,31?,37-,38+/m0/s1. The predicted octanol–water partition coefficient (Wildman–Crippen LogP) is 8.28. The number of halogens is 2.